The molecule has 0 N–H and O–H groups in total. The molecule has 0 aromatic heterocycles. The van der Waals surface area contributed by atoms with Gasteiger partial charge in [-0.3, -0.25) is 9.36 Å². The van der Waals surface area contributed by atoms with Crippen LogP contribution in [-0.2, 0) is 23.1 Å². The van der Waals surface area contributed by atoms with Gasteiger partial charge in [-0.15, -0.1) is 0 Å². The number of esters is 1. The van der Waals surface area contributed by atoms with Gasteiger partial charge in [-0.25, -0.2) is 0 Å². The summed E-state index contributed by atoms with van der Waals surface area (Å²) in [6.07, 6.45) is 9.79. The smallest absolute Gasteiger partial charge is 0.344 e. The van der Waals surface area contributed by atoms with Crippen molar-refractivity contribution in [2.24, 2.45) is 0 Å². The predicted molar refractivity (Wildman–Crippen MR) is 84.7 cm³/mol. The van der Waals surface area contributed by atoms with Crippen LogP contribution < -0.4 is 0 Å². The minimum atomic E-state index is -3.41. The summed E-state index contributed by atoms with van der Waals surface area (Å²) < 4.78 is 26.9. The lowest BCUT2D eigenvalue weighted by Gasteiger charge is -2.22. The third kappa shape index (κ3) is 7.98. The summed E-state index contributed by atoms with van der Waals surface area (Å²) in [4.78, 5) is 11.8. The van der Waals surface area contributed by atoms with E-state index in [9.17, 15) is 9.36 Å². The fraction of sp³-hybridized carbons (Fsp3) is 0.933. The first-order valence-electron chi connectivity index (χ1n) is 7.84. The van der Waals surface area contributed by atoms with E-state index >= 15 is 0 Å². The molecule has 6 heteroatoms. The van der Waals surface area contributed by atoms with Crippen molar-refractivity contribution in [1.29, 1.82) is 0 Å². The summed E-state index contributed by atoms with van der Waals surface area (Å²) >= 11 is 0. The number of unbranched alkanes of at least 4 members (excludes halogenated alkanes) is 7. The molecule has 0 aromatic rings. The molecule has 0 radical (unpaired) electrons. The molecule has 0 aliphatic carbocycles. The van der Waals surface area contributed by atoms with E-state index < -0.39 is 19.2 Å². The first-order valence-corrected chi connectivity index (χ1v) is 9.45. The average Bonchev–Trinajstić information content (AvgIpc) is 2.52. The van der Waals surface area contributed by atoms with Gasteiger partial charge in [0.25, 0.3) is 0 Å². The number of rotatable bonds is 13. The number of methoxy groups -OCH3 is 1. The van der Waals surface area contributed by atoms with Crippen LogP contribution in [0.25, 0.3) is 0 Å². The summed E-state index contributed by atoms with van der Waals surface area (Å²) in [5.74, 6) is -0.523. The zero-order valence-electron chi connectivity index (χ0n) is 13.9. The van der Waals surface area contributed by atoms with Crippen LogP contribution in [-0.4, -0.2) is 33.0 Å². The minimum absolute atomic E-state index is 0.473. The number of hydrogen-bond donors (Lipinski definition) is 0. The van der Waals surface area contributed by atoms with Crippen LogP contribution in [0.15, 0.2) is 0 Å². The van der Waals surface area contributed by atoms with Gasteiger partial charge in [-0.1, -0.05) is 58.3 Å². The third-order valence-electron chi connectivity index (χ3n) is 3.70. The first kappa shape index (κ1) is 20.6. The Morgan fingerprint density at radius 3 is 1.81 bits per heavy atom. The summed E-state index contributed by atoms with van der Waals surface area (Å²) in [5.41, 5.74) is -0.822. The van der Waals surface area contributed by atoms with Gasteiger partial charge < -0.3 is 13.8 Å². The van der Waals surface area contributed by atoms with Gasteiger partial charge in [0.1, 0.15) is 0 Å². The fourth-order valence-corrected chi connectivity index (χ4v) is 3.86. The quantitative estimate of drug-likeness (QED) is 0.283. The van der Waals surface area contributed by atoms with Gasteiger partial charge in [0.05, 0.1) is 7.11 Å². The van der Waals surface area contributed by atoms with E-state index in [0.29, 0.717) is 6.42 Å². The third-order valence-corrected chi connectivity index (χ3v) is 5.95. The van der Waals surface area contributed by atoms with Crippen LogP contribution in [0, 0.1) is 0 Å². The normalized spacial score (nSPS) is 13.1. The van der Waals surface area contributed by atoms with Crippen molar-refractivity contribution in [2.75, 3.05) is 21.3 Å². The van der Waals surface area contributed by atoms with Gasteiger partial charge in [0.15, 0.2) is 5.66 Å². The zero-order valence-corrected chi connectivity index (χ0v) is 14.8. The molecule has 0 fully saturated rings. The maximum absolute atomic E-state index is 12.3. The maximum atomic E-state index is 12.3. The Balaban J connectivity index is 4.10. The second-order valence-corrected chi connectivity index (χ2v) is 7.64. The molecular weight excluding hydrogens is 291 g/mol. The number of carbonyl (C=O) groups excluding carboxylic acids is 1. The topological polar surface area (TPSA) is 61.8 Å². The van der Waals surface area contributed by atoms with Crippen LogP contribution in [0.2, 0.25) is 0 Å². The first-order chi connectivity index (χ1) is 10.1. The lowest BCUT2D eigenvalue weighted by atomic mass is 10.1. The van der Waals surface area contributed by atoms with E-state index in [1.165, 1.54) is 53.4 Å². The highest BCUT2D eigenvalue weighted by molar-refractivity contribution is 7.55. The molecule has 1 atom stereocenters. The van der Waals surface area contributed by atoms with Crippen LogP contribution in [0.4, 0.5) is 0 Å². The van der Waals surface area contributed by atoms with Crippen molar-refractivity contribution >= 4 is 13.6 Å². The predicted octanol–water partition coefficient (Wildman–Crippen LogP) is 4.54. The molecule has 0 saturated carbocycles. The van der Waals surface area contributed by atoms with Crippen LogP contribution in [0.5, 0.6) is 0 Å². The standard InChI is InChI=1S/C15H31O5P/c1-5-6-7-8-9-10-11-12-13-14(15(16)18-2)21(17,19-3)20-4/h14H,5-13H2,1-4H3/t14-/m1/s1. The molecule has 0 amide bonds. The average molecular weight is 322 g/mol. The van der Waals surface area contributed by atoms with Gasteiger partial charge in [-0.05, 0) is 6.42 Å². The summed E-state index contributed by atoms with van der Waals surface area (Å²) in [6.45, 7) is 2.21. The van der Waals surface area contributed by atoms with Gasteiger partial charge in [0, 0.05) is 14.2 Å². The van der Waals surface area contributed by atoms with E-state index in [0.717, 1.165) is 19.3 Å². The Kier molecular flexibility index (Phi) is 12.0. The SMILES string of the molecule is CCCCCCCCCC[C@H](C(=O)OC)P(=O)(OC)OC. The molecule has 0 bridgehead atoms. The van der Waals surface area contributed by atoms with E-state index in [1.807, 2.05) is 0 Å². The Morgan fingerprint density at radius 1 is 0.905 bits per heavy atom. The van der Waals surface area contributed by atoms with Crippen LogP contribution >= 0.6 is 7.60 Å². The van der Waals surface area contributed by atoms with E-state index in [4.69, 9.17) is 13.8 Å². The maximum Gasteiger partial charge on any atom is 0.344 e. The van der Waals surface area contributed by atoms with Crippen molar-refractivity contribution in [3.63, 3.8) is 0 Å². The van der Waals surface area contributed by atoms with Crippen molar-refractivity contribution in [1.82, 2.24) is 0 Å². The van der Waals surface area contributed by atoms with E-state index in [1.54, 1.807) is 0 Å². The monoisotopic (exact) mass is 322 g/mol. The fourth-order valence-electron chi connectivity index (χ4n) is 2.34. The lowest BCUT2D eigenvalue weighted by molar-refractivity contribution is -0.140. The van der Waals surface area contributed by atoms with Crippen molar-refractivity contribution in [3.05, 3.63) is 0 Å². The zero-order chi connectivity index (χ0) is 16.1. The van der Waals surface area contributed by atoms with Gasteiger partial charge in [-0.2, -0.15) is 0 Å². The highest BCUT2D eigenvalue weighted by atomic mass is 31.2. The van der Waals surface area contributed by atoms with Crippen molar-refractivity contribution in [3.8, 4) is 0 Å². The van der Waals surface area contributed by atoms with Crippen molar-refractivity contribution < 1.29 is 23.1 Å². The second kappa shape index (κ2) is 12.2. The van der Waals surface area contributed by atoms with Crippen molar-refractivity contribution in [2.45, 2.75) is 70.4 Å². The second-order valence-electron chi connectivity index (χ2n) is 5.21. The molecule has 0 saturated heterocycles. The molecule has 0 aromatic carbocycles. The van der Waals surface area contributed by atoms with E-state index in [2.05, 4.69) is 6.92 Å². The molecule has 126 valence electrons. The number of hydrogen-bond acceptors (Lipinski definition) is 5. The number of carbonyl (C=O) groups is 1. The van der Waals surface area contributed by atoms with Crippen LogP contribution in [0.3, 0.4) is 0 Å². The van der Waals surface area contributed by atoms with Gasteiger partial charge in [0.2, 0.25) is 0 Å². The van der Waals surface area contributed by atoms with Crippen LogP contribution in [0.1, 0.15) is 64.7 Å². The molecule has 0 heterocycles. The number of ether oxygens (including phenoxy) is 1. The largest absolute Gasteiger partial charge is 0.468 e. The molecule has 0 rings (SSSR count). The Hall–Kier alpha value is -0.380. The molecule has 0 unspecified atom stereocenters. The molecular formula is C15H31O5P. The lowest BCUT2D eigenvalue weighted by Crippen LogP contribution is -2.24. The summed E-state index contributed by atoms with van der Waals surface area (Å²) in [5, 5.41) is 0. The minimum Gasteiger partial charge on any atom is -0.468 e. The Bertz CT molecular complexity index is 311. The summed E-state index contributed by atoms with van der Waals surface area (Å²) in [7, 11) is 0.481. The Labute approximate surface area is 129 Å². The highest BCUT2D eigenvalue weighted by Crippen LogP contribution is 2.53. The Morgan fingerprint density at radius 2 is 1.38 bits per heavy atom. The highest BCUT2D eigenvalue weighted by Gasteiger charge is 2.40. The van der Waals surface area contributed by atoms with Gasteiger partial charge >= 0.3 is 13.6 Å². The molecule has 21 heavy (non-hydrogen) atoms. The molecule has 0 aliphatic rings. The summed E-state index contributed by atoms with van der Waals surface area (Å²) in [6, 6.07) is 0. The molecule has 0 spiro atoms. The molecule has 0 aliphatic heterocycles. The van der Waals surface area contributed by atoms with E-state index in [-0.39, 0.29) is 0 Å². The molecule has 5 nitrogen and oxygen atoms in total.